The van der Waals surface area contributed by atoms with Crippen molar-refractivity contribution in [1.29, 1.82) is 0 Å². The van der Waals surface area contributed by atoms with E-state index in [1.54, 1.807) is 0 Å². The predicted molar refractivity (Wildman–Crippen MR) is 83.6 cm³/mol. The lowest BCUT2D eigenvalue weighted by Crippen LogP contribution is -2.42. The first-order valence-electron chi connectivity index (χ1n) is 7.76. The molecule has 1 heterocycles. The van der Waals surface area contributed by atoms with Gasteiger partial charge in [-0.1, -0.05) is 47.3 Å². The van der Waals surface area contributed by atoms with E-state index in [-0.39, 0.29) is 11.7 Å². The lowest BCUT2D eigenvalue weighted by molar-refractivity contribution is -0.134. The van der Waals surface area contributed by atoms with Crippen molar-refractivity contribution < 1.29 is 9.84 Å². The minimum Gasteiger partial charge on any atom is -0.388 e. The summed E-state index contributed by atoms with van der Waals surface area (Å²) in [4.78, 5) is 0. The maximum Gasteiger partial charge on any atom is 0.0820 e. The number of hydrogen-bond donors (Lipinski definition) is 1. The Kier molecular flexibility index (Phi) is 4.49. The Morgan fingerprint density at radius 1 is 1.25 bits per heavy atom. The highest BCUT2D eigenvalue weighted by atomic mass is 79.9. The summed E-state index contributed by atoms with van der Waals surface area (Å²) < 4.78 is 7.16. The molecule has 1 aromatic rings. The van der Waals surface area contributed by atoms with E-state index in [9.17, 15) is 5.11 Å². The van der Waals surface area contributed by atoms with Gasteiger partial charge in [0.05, 0.1) is 11.7 Å². The van der Waals surface area contributed by atoms with Crippen LogP contribution in [0.15, 0.2) is 28.7 Å². The topological polar surface area (TPSA) is 29.5 Å². The number of halogens is 1. The summed E-state index contributed by atoms with van der Waals surface area (Å²) >= 11 is 3.49. The molecule has 0 amide bonds. The number of aliphatic hydroxyl groups is 1. The second kappa shape index (κ2) is 6.17. The van der Waals surface area contributed by atoms with Crippen molar-refractivity contribution in [3.8, 4) is 0 Å². The van der Waals surface area contributed by atoms with Gasteiger partial charge in [0.2, 0.25) is 0 Å². The van der Waals surface area contributed by atoms with E-state index in [2.05, 4.69) is 15.9 Å². The van der Waals surface area contributed by atoms with Crippen molar-refractivity contribution in [2.45, 2.75) is 56.7 Å². The Hall–Kier alpha value is -0.380. The first-order chi connectivity index (χ1) is 9.69. The highest BCUT2D eigenvalue weighted by molar-refractivity contribution is 9.10. The van der Waals surface area contributed by atoms with E-state index in [1.165, 1.54) is 32.1 Å². The molecule has 1 spiro atoms. The summed E-state index contributed by atoms with van der Waals surface area (Å²) in [6.07, 6.45) is 7.86. The van der Waals surface area contributed by atoms with Crippen molar-refractivity contribution in [2.24, 2.45) is 5.92 Å². The van der Waals surface area contributed by atoms with Gasteiger partial charge in [0, 0.05) is 11.1 Å². The van der Waals surface area contributed by atoms with Gasteiger partial charge in [-0.25, -0.2) is 0 Å². The van der Waals surface area contributed by atoms with Gasteiger partial charge in [0.15, 0.2) is 0 Å². The molecule has 110 valence electrons. The molecule has 1 N–H and O–H groups in total. The largest absolute Gasteiger partial charge is 0.388 e. The first kappa shape index (κ1) is 14.6. The van der Waals surface area contributed by atoms with Crippen molar-refractivity contribution >= 4 is 15.9 Å². The van der Waals surface area contributed by atoms with Crippen LogP contribution in [0.2, 0.25) is 0 Å². The van der Waals surface area contributed by atoms with Gasteiger partial charge in [-0.05, 0) is 49.3 Å². The molecule has 2 atom stereocenters. The van der Waals surface area contributed by atoms with E-state index in [1.807, 2.05) is 24.3 Å². The number of benzene rings is 1. The predicted octanol–water partition coefficient (Wildman–Crippen LogP) is 4.61. The third-order valence-electron chi connectivity index (χ3n) is 4.93. The molecule has 2 nitrogen and oxygen atoms in total. The van der Waals surface area contributed by atoms with Crippen LogP contribution in [0.1, 0.15) is 56.6 Å². The van der Waals surface area contributed by atoms with Crippen LogP contribution < -0.4 is 0 Å². The highest BCUT2D eigenvalue weighted by Gasteiger charge is 2.40. The van der Waals surface area contributed by atoms with Gasteiger partial charge in [0.25, 0.3) is 0 Å². The molecule has 3 heteroatoms. The summed E-state index contributed by atoms with van der Waals surface area (Å²) in [6, 6.07) is 8.06. The van der Waals surface area contributed by atoms with Crippen LogP contribution in [0, 0.1) is 5.92 Å². The smallest absolute Gasteiger partial charge is 0.0820 e. The fourth-order valence-electron chi connectivity index (χ4n) is 3.84. The average molecular weight is 339 g/mol. The Labute approximate surface area is 129 Å². The van der Waals surface area contributed by atoms with Crippen molar-refractivity contribution in [2.75, 3.05) is 6.61 Å². The Morgan fingerprint density at radius 3 is 2.80 bits per heavy atom. The Bertz CT molecular complexity index is 449. The van der Waals surface area contributed by atoms with Gasteiger partial charge < -0.3 is 9.84 Å². The molecule has 20 heavy (non-hydrogen) atoms. The molecule has 0 radical (unpaired) electrons. The van der Waals surface area contributed by atoms with E-state index in [0.717, 1.165) is 29.5 Å². The van der Waals surface area contributed by atoms with Gasteiger partial charge in [-0.2, -0.15) is 0 Å². The van der Waals surface area contributed by atoms with E-state index in [0.29, 0.717) is 5.92 Å². The lowest BCUT2D eigenvalue weighted by Gasteiger charge is -2.44. The summed E-state index contributed by atoms with van der Waals surface area (Å²) in [5, 5.41) is 10.7. The van der Waals surface area contributed by atoms with Crippen molar-refractivity contribution in [1.82, 2.24) is 0 Å². The molecule has 1 aliphatic carbocycles. The van der Waals surface area contributed by atoms with Crippen molar-refractivity contribution in [3.63, 3.8) is 0 Å². The number of ether oxygens (including phenoxy) is 1. The normalized spacial score (nSPS) is 27.4. The van der Waals surface area contributed by atoms with Gasteiger partial charge in [-0.3, -0.25) is 0 Å². The second-order valence-electron chi connectivity index (χ2n) is 6.34. The van der Waals surface area contributed by atoms with Crippen LogP contribution in [-0.2, 0) is 4.74 Å². The quantitative estimate of drug-likeness (QED) is 0.852. The molecule has 2 fully saturated rings. The SMILES string of the molecule is OC(c1cccc(Br)c1)C1CCOC2(CCCCC2)C1. The minimum absolute atomic E-state index is 0.0636. The second-order valence-corrected chi connectivity index (χ2v) is 7.26. The van der Waals surface area contributed by atoms with E-state index in [4.69, 9.17) is 4.74 Å². The average Bonchev–Trinajstić information content (AvgIpc) is 2.47. The minimum atomic E-state index is -0.366. The Morgan fingerprint density at radius 2 is 2.05 bits per heavy atom. The van der Waals surface area contributed by atoms with Crippen LogP contribution in [0.25, 0.3) is 0 Å². The lowest BCUT2D eigenvalue weighted by atomic mass is 9.74. The van der Waals surface area contributed by atoms with Crippen LogP contribution in [0.3, 0.4) is 0 Å². The molecular formula is C17H23BrO2. The highest BCUT2D eigenvalue weighted by Crippen LogP contribution is 2.44. The fraction of sp³-hybridized carbons (Fsp3) is 0.647. The fourth-order valence-corrected chi connectivity index (χ4v) is 4.26. The zero-order valence-electron chi connectivity index (χ0n) is 11.9. The molecule has 1 aromatic carbocycles. The number of hydrogen-bond acceptors (Lipinski definition) is 2. The molecular weight excluding hydrogens is 316 g/mol. The third-order valence-corrected chi connectivity index (χ3v) is 5.43. The van der Waals surface area contributed by atoms with Crippen LogP contribution in [0.5, 0.6) is 0 Å². The molecule has 3 rings (SSSR count). The van der Waals surface area contributed by atoms with E-state index >= 15 is 0 Å². The van der Waals surface area contributed by atoms with E-state index < -0.39 is 0 Å². The summed E-state index contributed by atoms with van der Waals surface area (Å²) in [5.74, 6) is 0.330. The molecule has 0 aromatic heterocycles. The number of rotatable bonds is 2. The van der Waals surface area contributed by atoms with Crippen LogP contribution in [-0.4, -0.2) is 17.3 Å². The first-order valence-corrected chi connectivity index (χ1v) is 8.55. The van der Waals surface area contributed by atoms with Crippen LogP contribution in [0.4, 0.5) is 0 Å². The molecule has 2 unspecified atom stereocenters. The molecule has 1 aliphatic heterocycles. The monoisotopic (exact) mass is 338 g/mol. The summed E-state index contributed by atoms with van der Waals surface area (Å²) in [6.45, 7) is 0.801. The molecule has 1 saturated carbocycles. The Balaban J connectivity index is 1.73. The third kappa shape index (κ3) is 3.10. The van der Waals surface area contributed by atoms with Crippen LogP contribution >= 0.6 is 15.9 Å². The van der Waals surface area contributed by atoms with Gasteiger partial charge in [-0.15, -0.1) is 0 Å². The van der Waals surface area contributed by atoms with Gasteiger partial charge in [0.1, 0.15) is 0 Å². The zero-order chi connectivity index (χ0) is 14.0. The maximum atomic E-state index is 10.7. The molecule has 1 saturated heterocycles. The molecule has 0 bridgehead atoms. The van der Waals surface area contributed by atoms with Gasteiger partial charge >= 0.3 is 0 Å². The summed E-state index contributed by atoms with van der Waals surface area (Å²) in [7, 11) is 0. The zero-order valence-corrected chi connectivity index (χ0v) is 13.4. The number of aliphatic hydroxyl groups excluding tert-OH is 1. The standard InChI is InChI=1S/C17H23BrO2/c18-15-6-4-5-13(11-15)16(19)14-7-10-20-17(12-14)8-2-1-3-9-17/h4-6,11,14,16,19H,1-3,7-10,12H2. The molecule has 2 aliphatic rings. The van der Waals surface area contributed by atoms with Crippen molar-refractivity contribution in [3.05, 3.63) is 34.3 Å². The maximum absolute atomic E-state index is 10.7. The summed E-state index contributed by atoms with van der Waals surface area (Å²) in [5.41, 5.74) is 1.09.